The van der Waals surface area contributed by atoms with E-state index in [9.17, 15) is 22.8 Å². The minimum absolute atomic E-state index is 0.0232. The van der Waals surface area contributed by atoms with Gasteiger partial charge in [-0.1, -0.05) is 11.6 Å². The molecule has 0 unspecified atom stereocenters. The number of hydrogen-bond donors (Lipinski definition) is 1. The molecule has 1 heterocycles. The van der Waals surface area contributed by atoms with Crippen molar-refractivity contribution in [2.24, 2.45) is 0 Å². The Morgan fingerprint density at radius 3 is 2.43 bits per heavy atom. The molecular formula is C7H3ClF3NO2. The average molecular weight is 226 g/mol. The van der Waals surface area contributed by atoms with Crippen LogP contribution in [0.1, 0.15) is 16.1 Å². The number of carbonyl (C=O) groups is 1. The Balaban J connectivity index is 3.50. The number of alkyl halides is 3. The van der Waals surface area contributed by atoms with Gasteiger partial charge in [-0.3, -0.25) is 9.59 Å². The molecule has 0 aliphatic carbocycles. The lowest BCUT2D eigenvalue weighted by Gasteiger charge is -2.08. The van der Waals surface area contributed by atoms with Gasteiger partial charge in [0.25, 0.3) is 5.56 Å². The normalized spacial score (nSPS) is 11.4. The van der Waals surface area contributed by atoms with Gasteiger partial charge in [-0.05, 0) is 6.07 Å². The summed E-state index contributed by atoms with van der Waals surface area (Å²) in [5, 5.41) is -0.458. The van der Waals surface area contributed by atoms with Crippen molar-refractivity contribution in [3.63, 3.8) is 0 Å². The number of rotatable bonds is 1. The van der Waals surface area contributed by atoms with Crippen LogP contribution in [0.2, 0.25) is 5.02 Å². The predicted octanol–water partition coefficient (Wildman–Crippen LogP) is 1.86. The molecule has 0 aliphatic rings. The Morgan fingerprint density at radius 2 is 2.00 bits per heavy atom. The molecule has 0 spiro atoms. The number of halogens is 4. The van der Waals surface area contributed by atoms with E-state index in [1.54, 1.807) is 0 Å². The molecule has 3 nitrogen and oxygen atoms in total. The van der Waals surface area contributed by atoms with Gasteiger partial charge in [0, 0.05) is 5.56 Å². The van der Waals surface area contributed by atoms with E-state index in [1.165, 1.54) is 4.98 Å². The van der Waals surface area contributed by atoms with Crippen molar-refractivity contribution >= 4 is 17.9 Å². The highest BCUT2D eigenvalue weighted by Gasteiger charge is 2.35. The monoisotopic (exact) mass is 225 g/mol. The fourth-order valence-corrected chi connectivity index (χ4v) is 1.01. The maximum absolute atomic E-state index is 12.2. The van der Waals surface area contributed by atoms with Gasteiger partial charge in [0.2, 0.25) is 0 Å². The van der Waals surface area contributed by atoms with E-state index in [2.05, 4.69) is 0 Å². The highest BCUT2D eigenvalue weighted by molar-refractivity contribution is 6.30. The Morgan fingerprint density at radius 1 is 1.43 bits per heavy atom. The van der Waals surface area contributed by atoms with Crippen LogP contribution in [-0.4, -0.2) is 11.3 Å². The lowest BCUT2D eigenvalue weighted by molar-refractivity contribution is -0.141. The topological polar surface area (TPSA) is 49.9 Å². The third-order valence-electron chi connectivity index (χ3n) is 1.44. The van der Waals surface area contributed by atoms with Crippen molar-refractivity contribution in [1.29, 1.82) is 0 Å². The van der Waals surface area contributed by atoms with Crippen LogP contribution in [0.25, 0.3) is 0 Å². The molecule has 0 atom stereocenters. The first-order chi connectivity index (χ1) is 6.36. The molecule has 0 aliphatic heterocycles. The van der Waals surface area contributed by atoms with Gasteiger partial charge in [-0.15, -0.1) is 0 Å². The van der Waals surface area contributed by atoms with Crippen molar-refractivity contribution in [3.8, 4) is 0 Å². The molecule has 7 heteroatoms. The van der Waals surface area contributed by atoms with Crippen molar-refractivity contribution in [2.75, 3.05) is 0 Å². The van der Waals surface area contributed by atoms with Crippen LogP contribution in [0, 0.1) is 0 Å². The summed E-state index contributed by atoms with van der Waals surface area (Å²) in [6.45, 7) is 0. The largest absolute Gasteiger partial charge is 0.432 e. The van der Waals surface area contributed by atoms with Crippen molar-refractivity contribution in [3.05, 3.63) is 32.7 Å². The molecule has 0 aromatic carbocycles. The number of carbonyl (C=O) groups excluding carboxylic acids is 1. The molecule has 0 saturated carbocycles. The summed E-state index contributed by atoms with van der Waals surface area (Å²) in [6.07, 6.45) is -4.80. The van der Waals surface area contributed by atoms with Crippen LogP contribution in [0.5, 0.6) is 0 Å². The van der Waals surface area contributed by atoms with Gasteiger partial charge in [0.1, 0.15) is 10.7 Å². The van der Waals surface area contributed by atoms with Crippen LogP contribution in [0.15, 0.2) is 10.9 Å². The smallest absolute Gasteiger partial charge is 0.316 e. The standard InChI is InChI=1S/C7H3ClF3NO2/c8-4-1-3(2-13)5(7(9,10)11)12-6(4)14/h1-2H,(H,12,14). The summed E-state index contributed by atoms with van der Waals surface area (Å²) in [4.78, 5) is 22.5. The lowest BCUT2D eigenvalue weighted by atomic mass is 10.2. The van der Waals surface area contributed by atoms with E-state index in [-0.39, 0.29) is 6.29 Å². The maximum atomic E-state index is 12.2. The van der Waals surface area contributed by atoms with Crippen LogP contribution in [0.4, 0.5) is 13.2 Å². The van der Waals surface area contributed by atoms with Crippen molar-refractivity contribution in [2.45, 2.75) is 6.18 Å². The summed E-state index contributed by atoms with van der Waals surface area (Å²) in [5.41, 5.74) is -3.16. The second-order valence-electron chi connectivity index (χ2n) is 2.39. The Bertz CT molecular complexity index is 424. The summed E-state index contributed by atoms with van der Waals surface area (Å²) in [5.74, 6) is 0. The second kappa shape index (κ2) is 3.45. The number of aldehydes is 1. The number of hydrogen-bond acceptors (Lipinski definition) is 2. The summed E-state index contributed by atoms with van der Waals surface area (Å²) >= 11 is 5.24. The lowest BCUT2D eigenvalue weighted by Crippen LogP contribution is -2.19. The first kappa shape index (κ1) is 10.8. The number of nitrogens with one attached hydrogen (secondary N) is 1. The van der Waals surface area contributed by atoms with Crippen LogP contribution < -0.4 is 5.56 Å². The van der Waals surface area contributed by atoms with Gasteiger partial charge in [0.15, 0.2) is 6.29 Å². The molecule has 1 rings (SSSR count). The summed E-state index contributed by atoms with van der Waals surface area (Å²) < 4.78 is 36.5. The second-order valence-corrected chi connectivity index (χ2v) is 2.80. The predicted molar refractivity (Wildman–Crippen MR) is 42.5 cm³/mol. The molecular weight excluding hydrogens is 223 g/mol. The van der Waals surface area contributed by atoms with Crippen molar-refractivity contribution < 1.29 is 18.0 Å². The number of H-pyrrole nitrogens is 1. The highest BCUT2D eigenvalue weighted by Crippen LogP contribution is 2.29. The molecule has 0 saturated heterocycles. The Kier molecular flexibility index (Phi) is 2.66. The molecule has 1 aromatic heterocycles. The molecule has 0 radical (unpaired) electrons. The minimum Gasteiger partial charge on any atom is -0.316 e. The first-order valence-electron chi connectivity index (χ1n) is 3.31. The third-order valence-corrected chi connectivity index (χ3v) is 1.72. The van der Waals surface area contributed by atoms with Crippen LogP contribution in [-0.2, 0) is 6.18 Å². The van der Waals surface area contributed by atoms with Gasteiger partial charge >= 0.3 is 6.18 Å². The fraction of sp³-hybridized carbons (Fsp3) is 0.143. The quantitative estimate of drug-likeness (QED) is 0.742. The third kappa shape index (κ3) is 1.95. The van der Waals surface area contributed by atoms with Gasteiger partial charge in [-0.2, -0.15) is 13.2 Å². The number of aromatic nitrogens is 1. The summed E-state index contributed by atoms with van der Waals surface area (Å²) in [7, 11) is 0. The minimum atomic E-state index is -4.78. The van der Waals surface area contributed by atoms with Crippen LogP contribution >= 0.6 is 11.6 Å². The van der Waals surface area contributed by atoms with E-state index in [0.29, 0.717) is 6.07 Å². The Labute approximate surface area is 80.5 Å². The fourth-order valence-electron chi connectivity index (χ4n) is 0.847. The zero-order valence-electron chi connectivity index (χ0n) is 6.48. The van der Waals surface area contributed by atoms with Gasteiger partial charge in [-0.25, -0.2) is 0 Å². The zero-order chi connectivity index (χ0) is 10.9. The molecule has 76 valence electrons. The number of pyridine rings is 1. The SMILES string of the molecule is O=Cc1cc(Cl)c(=O)[nH]c1C(F)(F)F. The van der Waals surface area contributed by atoms with Crippen LogP contribution in [0.3, 0.4) is 0 Å². The van der Waals surface area contributed by atoms with E-state index in [4.69, 9.17) is 11.6 Å². The Hall–Kier alpha value is -1.30. The molecule has 0 bridgehead atoms. The number of aromatic amines is 1. The zero-order valence-corrected chi connectivity index (χ0v) is 7.24. The molecule has 1 N–H and O–H groups in total. The van der Waals surface area contributed by atoms with E-state index < -0.39 is 28.0 Å². The van der Waals surface area contributed by atoms with E-state index in [0.717, 1.165) is 0 Å². The molecule has 0 amide bonds. The first-order valence-corrected chi connectivity index (χ1v) is 3.69. The molecule has 14 heavy (non-hydrogen) atoms. The van der Waals surface area contributed by atoms with Crippen molar-refractivity contribution in [1.82, 2.24) is 4.98 Å². The highest BCUT2D eigenvalue weighted by atomic mass is 35.5. The van der Waals surface area contributed by atoms with E-state index in [1.807, 2.05) is 0 Å². The summed E-state index contributed by atoms with van der Waals surface area (Å²) in [6, 6.07) is 0.677. The maximum Gasteiger partial charge on any atom is 0.432 e. The van der Waals surface area contributed by atoms with Gasteiger partial charge in [0.05, 0.1) is 0 Å². The average Bonchev–Trinajstić information content (AvgIpc) is 2.07. The van der Waals surface area contributed by atoms with Gasteiger partial charge < -0.3 is 4.98 Å². The van der Waals surface area contributed by atoms with E-state index >= 15 is 0 Å². The molecule has 0 fully saturated rings. The molecule has 1 aromatic rings.